The van der Waals surface area contributed by atoms with E-state index in [0.29, 0.717) is 31.0 Å². The highest BCUT2D eigenvalue weighted by molar-refractivity contribution is 5.94. The third-order valence-electron chi connectivity index (χ3n) is 5.39. The Balaban J connectivity index is 1.45. The number of rotatable bonds is 4. The lowest BCUT2D eigenvalue weighted by Gasteiger charge is -2.34. The number of carbonyl (C=O) groups is 2. The van der Waals surface area contributed by atoms with E-state index in [0.717, 1.165) is 12.2 Å². The highest BCUT2D eigenvalue weighted by Gasteiger charge is 2.53. The number of ether oxygens (including phenoxy) is 2. The van der Waals surface area contributed by atoms with E-state index >= 15 is 0 Å². The maximum atomic E-state index is 13.0. The number of hydrogen-bond acceptors (Lipinski definition) is 4. The van der Waals surface area contributed by atoms with E-state index in [1.54, 1.807) is 29.2 Å². The Bertz CT molecular complexity index is 866. The average molecular weight is 380 g/mol. The Morgan fingerprint density at radius 2 is 1.75 bits per heavy atom. The molecule has 1 unspecified atom stereocenters. The lowest BCUT2D eigenvalue weighted by atomic mass is 9.97. The second-order valence-corrected chi connectivity index (χ2v) is 7.66. The van der Waals surface area contributed by atoms with Crippen molar-refractivity contribution in [3.05, 3.63) is 60.2 Å². The molecule has 146 valence electrons. The molecule has 1 atom stereocenters. The van der Waals surface area contributed by atoms with Crippen LogP contribution in [0.5, 0.6) is 11.5 Å². The Morgan fingerprint density at radius 3 is 2.43 bits per heavy atom. The van der Waals surface area contributed by atoms with Gasteiger partial charge in [0.2, 0.25) is 0 Å². The third kappa shape index (κ3) is 3.30. The number of para-hydroxylation sites is 1. The Kier molecular flexibility index (Phi) is 4.71. The predicted molar refractivity (Wildman–Crippen MR) is 105 cm³/mol. The van der Waals surface area contributed by atoms with Gasteiger partial charge >= 0.3 is 6.09 Å². The first-order chi connectivity index (χ1) is 13.5. The zero-order valence-corrected chi connectivity index (χ0v) is 16.1. The molecule has 1 spiro atoms. The lowest BCUT2D eigenvalue weighted by Crippen LogP contribution is -2.52. The van der Waals surface area contributed by atoms with Crippen molar-refractivity contribution in [2.24, 2.45) is 0 Å². The maximum Gasteiger partial charge on any atom is 0.410 e. The van der Waals surface area contributed by atoms with E-state index in [4.69, 9.17) is 9.47 Å². The molecule has 2 aromatic rings. The molecule has 4 rings (SSSR count). The number of likely N-dealkylation sites (tertiary alicyclic amines) is 1. The van der Waals surface area contributed by atoms with Crippen LogP contribution in [0.4, 0.5) is 4.79 Å². The molecular weight excluding hydrogens is 356 g/mol. The molecule has 2 saturated heterocycles. The SMILES string of the molecule is CC(C)N1C(=O)OCC12CCN(C(=O)c1ccc(Oc3ccccc3)cc1)C2. The molecule has 0 radical (unpaired) electrons. The zero-order valence-electron chi connectivity index (χ0n) is 16.1. The molecule has 2 aliphatic rings. The quantitative estimate of drug-likeness (QED) is 0.807. The molecule has 6 nitrogen and oxygen atoms in total. The third-order valence-corrected chi connectivity index (χ3v) is 5.39. The molecule has 28 heavy (non-hydrogen) atoms. The molecule has 0 aliphatic carbocycles. The van der Waals surface area contributed by atoms with E-state index in [9.17, 15) is 9.59 Å². The average Bonchev–Trinajstić information content (AvgIpc) is 3.26. The summed E-state index contributed by atoms with van der Waals surface area (Å²) in [7, 11) is 0. The second-order valence-electron chi connectivity index (χ2n) is 7.66. The minimum atomic E-state index is -0.405. The van der Waals surface area contributed by atoms with Crippen LogP contribution in [-0.4, -0.2) is 53.1 Å². The number of carbonyl (C=O) groups excluding carboxylic acids is 2. The Morgan fingerprint density at radius 1 is 1.07 bits per heavy atom. The van der Waals surface area contributed by atoms with Gasteiger partial charge in [0, 0.05) is 24.7 Å². The van der Waals surface area contributed by atoms with Crippen molar-refractivity contribution in [3.8, 4) is 11.5 Å². The Labute approximate surface area is 164 Å². The van der Waals surface area contributed by atoms with Crippen LogP contribution >= 0.6 is 0 Å². The van der Waals surface area contributed by atoms with Crippen LogP contribution in [0.2, 0.25) is 0 Å². The van der Waals surface area contributed by atoms with E-state index < -0.39 is 5.54 Å². The van der Waals surface area contributed by atoms with Gasteiger partial charge in [0.25, 0.3) is 5.91 Å². The summed E-state index contributed by atoms with van der Waals surface area (Å²) >= 11 is 0. The number of nitrogens with zero attached hydrogens (tertiary/aromatic N) is 2. The first-order valence-corrected chi connectivity index (χ1v) is 9.57. The number of amides is 2. The van der Waals surface area contributed by atoms with Crippen molar-refractivity contribution >= 4 is 12.0 Å². The van der Waals surface area contributed by atoms with Gasteiger partial charge in [-0.15, -0.1) is 0 Å². The smallest absolute Gasteiger partial charge is 0.410 e. The fourth-order valence-electron chi connectivity index (χ4n) is 4.10. The van der Waals surface area contributed by atoms with E-state index in [2.05, 4.69) is 0 Å². The first kappa shape index (κ1) is 18.3. The van der Waals surface area contributed by atoms with Gasteiger partial charge in [-0.1, -0.05) is 18.2 Å². The van der Waals surface area contributed by atoms with Gasteiger partial charge in [0.1, 0.15) is 18.1 Å². The van der Waals surface area contributed by atoms with Gasteiger partial charge in [-0.3, -0.25) is 9.69 Å². The standard InChI is InChI=1S/C22H24N2O4/c1-16(2)24-21(26)27-15-22(24)12-13-23(14-22)20(25)17-8-10-19(11-9-17)28-18-6-4-3-5-7-18/h3-11,16H,12-15H2,1-2H3. The van der Waals surface area contributed by atoms with Crippen molar-refractivity contribution < 1.29 is 19.1 Å². The summed E-state index contributed by atoms with van der Waals surface area (Å²) in [5, 5.41) is 0. The summed E-state index contributed by atoms with van der Waals surface area (Å²) in [6.45, 7) is 5.41. The number of hydrogen-bond donors (Lipinski definition) is 0. The minimum Gasteiger partial charge on any atom is -0.457 e. The fraction of sp³-hybridized carbons (Fsp3) is 0.364. The lowest BCUT2D eigenvalue weighted by molar-refractivity contribution is 0.0748. The molecule has 2 heterocycles. The van der Waals surface area contributed by atoms with Crippen molar-refractivity contribution in [1.82, 2.24) is 9.80 Å². The number of cyclic esters (lactones) is 1. The topological polar surface area (TPSA) is 59.1 Å². The highest BCUT2D eigenvalue weighted by atomic mass is 16.6. The summed E-state index contributed by atoms with van der Waals surface area (Å²) in [4.78, 5) is 28.7. The van der Waals surface area contributed by atoms with Gasteiger partial charge in [0.05, 0.1) is 5.54 Å². The molecule has 6 heteroatoms. The minimum absolute atomic E-state index is 0.0359. The van der Waals surface area contributed by atoms with Crippen LogP contribution in [0.25, 0.3) is 0 Å². The van der Waals surface area contributed by atoms with Crippen LogP contribution in [-0.2, 0) is 4.74 Å². The molecule has 2 aromatic carbocycles. The molecule has 2 aliphatic heterocycles. The van der Waals surface area contributed by atoms with Gasteiger partial charge in [-0.25, -0.2) is 4.79 Å². The van der Waals surface area contributed by atoms with Crippen LogP contribution in [0.3, 0.4) is 0 Å². The van der Waals surface area contributed by atoms with Gasteiger partial charge in [-0.05, 0) is 56.7 Å². The predicted octanol–water partition coefficient (Wildman–Crippen LogP) is 3.92. The highest BCUT2D eigenvalue weighted by Crippen LogP contribution is 2.36. The number of benzene rings is 2. The fourth-order valence-corrected chi connectivity index (χ4v) is 4.10. The Hall–Kier alpha value is -3.02. The normalized spacial score (nSPS) is 21.5. The largest absolute Gasteiger partial charge is 0.457 e. The van der Waals surface area contributed by atoms with E-state index in [-0.39, 0.29) is 18.0 Å². The van der Waals surface area contributed by atoms with Crippen LogP contribution < -0.4 is 4.74 Å². The molecule has 0 aromatic heterocycles. The maximum absolute atomic E-state index is 13.0. The van der Waals surface area contributed by atoms with Crippen LogP contribution in [0.15, 0.2) is 54.6 Å². The van der Waals surface area contributed by atoms with Gasteiger partial charge < -0.3 is 14.4 Å². The van der Waals surface area contributed by atoms with Crippen LogP contribution in [0.1, 0.15) is 30.6 Å². The summed E-state index contributed by atoms with van der Waals surface area (Å²) in [6, 6.07) is 16.7. The molecule has 0 N–H and O–H groups in total. The molecular formula is C22H24N2O4. The summed E-state index contributed by atoms with van der Waals surface area (Å²) < 4.78 is 11.1. The summed E-state index contributed by atoms with van der Waals surface area (Å²) in [5.41, 5.74) is 0.205. The summed E-state index contributed by atoms with van der Waals surface area (Å²) in [5.74, 6) is 1.40. The van der Waals surface area contributed by atoms with Crippen molar-refractivity contribution in [1.29, 1.82) is 0 Å². The van der Waals surface area contributed by atoms with Crippen molar-refractivity contribution in [2.45, 2.75) is 31.8 Å². The molecule has 2 fully saturated rings. The molecule has 0 saturated carbocycles. The van der Waals surface area contributed by atoms with Crippen LogP contribution in [0, 0.1) is 0 Å². The molecule has 0 bridgehead atoms. The zero-order chi connectivity index (χ0) is 19.7. The van der Waals surface area contributed by atoms with E-state index in [1.807, 2.05) is 49.1 Å². The van der Waals surface area contributed by atoms with Crippen molar-refractivity contribution in [3.63, 3.8) is 0 Å². The van der Waals surface area contributed by atoms with Crippen molar-refractivity contribution in [2.75, 3.05) is 19.7 Å². The second kappa shape index (κ2) is 7.19. The molecule has 2 amide bonds. The summed E-state index contributed by atoms with van der Waals surface area (Å²) in [6.07, 6.45) is 0.449. The monoisotopic (exact) mass is 380 g/mol. The first-order valence-electron chi connectivity index (χ1n) is 9.57. The van der Waals surface area contributed by atoms with Gasteiger partial charge in [0.15, 0.2) is 0 Å². The van der Waals surface area contributed by atoms with E-state index in [1.165, 1.54) is 0 Å². The van der Waals surface area contributed by atoms with Gasteiger partial charge in [-0.2, -0.15) is 0 Å².